The van der Waals surface area contributed by atoms with Crippen LogP contribution >= 0.6 is 11.8 Å². The van der Waals surface area contributed by atoms with E-state index in [4.69, 9.17) is 0 Å². The summed E-state index contributed by atoms with van der Waals surface area (Å²) in [6, 6.07) is 25.1. The minimum atomic E-state index is -0.671. The second-order valence-corrected chi connectivity index (χ2v) is 10.1. The number of carbonyl (C=O) groups excluding carboxylic acids is 2. The van der Waals surface area contributed by atoms with Crippen molar-refractivity contribution in [3.63, 3.8) is 0 Å². The van der Waals surface area contributed by atoms with Gasteiger partial charge >= 0.3 is 0 Å². The number of amides is 2. The van der Waals surface area contributed by atoms with Gasteiger partial charge in [-0.15, -0.1) is 11.8 Å². The van der Waals surface area contributed by atoms with E-state index in [0.29, 0.717) is 31.1 Å². The van der Waals surface area contributed by atoms with E-state index in [9.17, 15) is 14.0 Å². The smallest absolute Gasteiger partial charge is 0.243 e. The van der Waals surface area contributed by atoms with E-state index in [1.165, 1.54) is 12.1 Å². The molecule has 0 aliphatic carbocycles. The lowest BCUT2D eigenvalue weighted by molar-refractivity contribution is -0.141. The molecule has 0 fully saturated rings. The van der Waals surface area contributed by atoms with Crippen LogP contribution in [0.5, 0.6) is 0 Å². The minimum absolute atomic E-state index is 0.0987. The summed E-state index contributed by atoms with van der Waals surface area (Å²) in [7, 11) is 0. The molecule has 0 heterocycles. The van der Waals surface area contributed by atoms with Gasteiger partial charge in [-0.3, -0.25) is 9.59 Å². The molecule has 4 nitrogen and oxygen atoms in total. The zero-order chi connectivity index (χ0) is 25.0. The van der Waals surface area contributed by atoms with Crippen LogP contribution in [0.3, 0.4) is 0 Å². The van der Waals surface area contributed by atoms with Crippen molar-refractivity contribution >= 4 is 23.6 Å². The Balaban J connectivity index is 1.83. The van der Waals surface area contributed by atoms with Crippen LogP contribution in [0.25, 0.3) is 0 Å². The Kier molecular flexibility index (Phi) is 10.4. The lowest BCUT2D eigenvalue weighted by atomic mass is 10.0. The van der Waals surface area contributed by atoms with Gasteiger partial charge < -0.3 is 10.2 Å². The summed E-state index contributed by atoms with van der Waals surface area (Å²) in [6.07, 6.45) is 0.701. The predicted octanol–water partition coefficient (Wildman–Crippen LogP) is 5.72. The average Bonchev–Trinajstić information content (AvgIpc) is 2.87. The van der Waals surface area contributed by atoms with Crippen molar-refractivity contribution in [1.29, 1.82) is 0 Å². The second kappa shape index (κ2) is 13.7. The number of hydrogen-bond acceptors (Lipinski definition) is 3. The number of nitrogens with one attached hydrogen (secondary N) is 1. The number of carbonyl (C=O) groups is 2. The van der Waals surface area contributed by atoms with Crippen LogP contribution in [0.1, 0.15) is 31.4 Å². The van der Waals surface area contributed by atoms with E-state index in [-0.39, 0.29) is 24.2 Å². The Morgan fingerprint density at radius 1 is 0.886 bits per heavy atom. The van der Waals surface area contributed by atoms with Gasteiger partial charge in [-0.2, -0.15) is 0 Å². The van der Waals surface area contributed by atoms with Crippen LogP contribution < -0.4 is 5.32 Å². The first kappa shape index (κ1) is 26.5. The molecule has 0 aromatic heterocycles. The van der Waals surface area contributed by atoms with Gasteiger partial charge in [0.15, 0.2) is 0 Å². The number of nitrogens with zero attached hydrogens (tertiary/aromatic N) is 1. The molecule has 1 atom stereocenters. The molecule has 0 unspecified atom stereocenters. The van der Waals surface area contributed by atoms with Crippen LogP contribution in [0.4, 0.5) is 4.39 Å². The Bertz CT molecular complexity index is 1060. The summed E-state index contributed by atoms with van der Waals surface area (Å²) in [6.45, 7) is 4.84. The van der Waals surface area contributed by atoms with Crippen LogP contribution in [0, 0.1) is 11.7 Å². The third-order valence-electron chi connectivity index (χ3n) is 5.55. The fraction of sp³-hybridized carbons (Fsp3) is 0.310. The fourth-order valence-corrected chi connectivity index (χ4v) is 4.54. The van der Waals surface area contributed by atoms with Gasteiger partial charge in [-0.1, -0.05) is 74.5 Å². The van der Waals surface area contributed by atoms with E-state index in [1.807, 2.05) is 74.5 Å². The van der Waals surface area contributed by atoms with E-state index in [0.717, 1.165) is 16.0 Å². The van der Waals surface area contributed by atoms with E-state index >= 15 is 0 Å². The zero-order valence-electron chi connectivity index (χ0n) is 20.3. The maximum Gasteiger partial charge on any atom is 0.243 e. The molecular formula is C29H33FN2O2S. The summed E-state index contributed by atoms with van der Waals surface area (Å²) in [4.78, 5) is 29.7. The molecule has 0 spiro atoms. The van der Waals surface area contributed by atoms with Gasteiger partial charge in [0.05, 0.1) is 0 Å². The molecule has 0 bridgehead atoms. The van der Waals surface area contributed by atoms with Gasteiger partial charge in [0.25, 0.3) is 0 Å². The monoisotopic (exact) mass is 492 g/mol. The number of rotatable bonds is 12. The summed E-state index contributed by atoms with van der Waals surface area (Å²) >= 11 is 1.62. The van der Waals surface area contributed by atoms with Crippen LogP contribution in [0.2, 0.25) is 0 Å². The second-order valence-electron chi connectivity index (χ2n) is 8.90. The van der Waals surface area contributed by atoms with Crippen molar-refractivity contribution in [2.24, 2.45) is 5.92 Å². The number of benzene rings is 3. The third kappa shape index (κ3) is 8.87. The van der Waals surface area contributed by atoms with Crippen LogP contribution in [-0.2, 0) is 22.6 Å². The van der Waals surface area contributed by atoms with Crippen molar-refractivity contribution in [2.45, 2.75) is 44.2 Å². The topological polar surface area (TPSA) is 49.4 Å². The molecule has 35 heavy (non-hydrogen) atoms. The van der Waals surface area contributed by atoms with Gasteiger partial charge in [0.1, 0.15) is 11.9 Å². The van der Waals surface area contributed by atoms with Gasteiger partial charge in [0, 0.05) is 36.6 Å². The van der Waals surface area contributed by atoms with Crippen LogP contribution in [0.15, 0.2) is 89.8 Å². The molecule has 0 aliphatic rings. The molecule has 0 saturated heterocycles. The molecule has 3 aromatic rings. The zero-order valence-corrected chi connectivity index (χ0v) is 21.1. The molecule has 3 aromatic carbocycles. The highest BCUT2D eigenvalue weighted by molar-refractivity contribution is 7.99. The molecule has 2 amide bonds. The van der Waals surface area contributed by atoms with E-state index in [2.05, 4.69) is 5.32 Å². The first-order chi connectivity index (χ1) is 16.9. The van der Waals surface area contributed by atoms with Crippen molar-refractivity contribution in [2.75, 3.05) is 12.3 Å². The largest absolute Gasteiger partial charge is 0.354 e. The molecule has 184 valence electrons. The lowest BCUT2D eigenvalue weighted by Gasteiger charge is -2.32. The van der Waals surface area contributed by atoms with Crippen molar-refractivity contribution in [1.82, 2.24) is 10.2 Å². The summed E-state index contributed by atoms with van der Waals surface area (Å²) in [5, 5.41) is 3.02. The summed E-state index contributed by atoms with van der Waals surface area (Å²) < 4.78 is 13.5. The highest BCUT2D eigenvalue weighted by atomic mass is 32.2. The van der Waals surface area contributed by atoms with Gasteiger partial charge in [0.2, 0.25) is 11.8 Å². The van der Waals surface area contributed by atoms with E-state index in [1.54, 1.807) is 28.8 Å². The molecule has 6 heteroatoms. The predicted molar refractivity (Wildman–Crippen MR) is 141 cm³/mol. The fourth-order valence-electron chi connectivity index (χ4n) is 3.68. The quantitative estimate of drug-likeness (QED) is 0.329. The third-order valence-corrected chi connectivity index (χ3v) is 6.56. The van der Waals surface area contributed by atoms with Crippen molar-refractivity contribution in [3.05, 3.63) is 102 Å². The number of hydrogen-bond donors (Lipinski definition) is 1. The van der Waals surface area contributed by atoms with Crippen LogP contribution in [-0.4, -0.2) is 35.1 Å². The maximum absolute atomic E-state index is 13.5. The molecule has 0 radical (unpaired) electrons. The first-order valence-corrected chi connectivity index (χ1v) is 12.9. The average molecular weight is 493 g/mol. The SMILES string of the molecule is CC(C)CNC(=O)[C@H](Cc1ccccc1)N(Cc1ccc(F)cc1)C(=O)CCSc1ccccc1. The maximum atomic E-state index is 13.5. The normalized spacial score (nSPS) is 11.8. The Hall–Kier alpha value is -3.12. The highest BCUT2D eigenvalue weighted by Crippen LogP contribution is 2.21. The summed E-state index contributed by atoms with van der Waals surface area (Å²) in [5.41, 5.74) is 1.76. The standard InChI is InChI=1S/C29H33FN2O2S/c1-22(2)20-31-29(34)27(19-23-9-5-3-6-10-23)32(21-24-13-15-25(30)16-14-24)28(33)17-18-35-26-11-7-4-8-12-26/h3-16,22,27H,17-21H2,1-2H3,(H,31,34)/t27-/m0/s1. The van der Waals surface area contributed by atoms with E-state index < -0.39 is 6.04 Å². The Labute approximate surface area is 211 Å². The Morgan fingerprint density at radius 2 is 1.51 bits per heavy atom. The molecule has 1 N–H and O–H groups in total. The number of thioether (sulfide) groups is 1. The first-order valence-electron chi connectivity index (χ1n) is 12.0. The van der Waals surface area contributed by atoms with Gasteiger partial charge in [-0.05, 0) is 41.3 Å². The minimum Gasteiger partial charge on any atom is -0.354 e. The number of halogens is 1. The van der Waals surface area contributed by atoms with Gasteiger partial charge in [-0.25, -0.2) is 4.39 Å². The Morgan fingerprint density at radius 3 is 2.14 bits per heavy atom. The molecule has 3 rings (SSSR count). The lowest BCUT2D eigenvalue weighted by Crippen LogP contribution is -2.51. The summed E-state index contributed by atoms with van der Waals surface area (Å²) in [5.74, 6) is 0.294. The molecule has 0 saturated carbocycles. The van der Waals surface area contributed by atoms with Crippen molar-refractivity contribution in [3.8, 4) is 0 Å². The van der Waals surface area contributed by atoms with Crippen molar-refractivity contribution < 1.29 is 14.0 Å². The molecule has 0 aliphatic heterocycles. The molecular weight excluding hydrogens is 459 g/mol. The highest BCUT2D eigenvalue weighted by Gasteiger charge is 2.30.